The fraction of sp³-hybridized carbons (Fsp3) is 0.462. The van der Waals surface area contributed by atoms with Crippen molar-refractivity contribution in [2.75, 3.05) is 5.32 Å². The van der Waals surface area contributed by atoms with Gasteiger partial charge >= 0.3 is 0 Å². The first-order valence-corrected chi connectivity index (χ1v) is 7.06. The Morgan fingerprint density at radius 2 is 2.00 bits per heavy atom. The number of anilines is 1. The van der Waals surface area contributed by atoms with Gasteiger partial charge in [-0.05, 0) is 65.2 Å². The molecule has 4 heteroatoms. The average molecular weight is 315 g/mol. The Balaban J connectivity index is 1.65. The number of fused-ring (bicyclic) bond motifs is 1. The number of carbonyl (C=O) groups is 1. The summed E-state index contributed by atoms with van der Waals surface area (Å²) in [7, 11) is 0. The minimum atomic E-state index is 0.149. The summed E-state index contributed by atoms with van der Waals surface area (Å²) in [5, 5.41) is 3.57. The summed E-state index contributed by atoms with van der Waals surface area (Å²) >= 11 is 9.32. The number of rotatable bonds is 2. The number of nitrogens with one attached hydrogen (secondary N) is 1. The molecule has 0 spiro atoms. The van der Waals surface area contributed by atoms with E-state index in [0.29, 0.717) is 5.02 Å². The Morgan fingerprint density at radius 3 is 2.65 bits per heavy atom. The Bertz CT molecular complexity index is 466. The maximum atomic E-state index is 12.0. The molecule has 0 bridgehead atoms. The van der Waals surface area contributed by atoms with Crippen LogP contribution in [0.25, 0.3) is 0 Å². The molecule has 0 radical (unpaired) electrons. The maximum Gasteiger partial charge on any atom is 0.227 e. The van der Waals surface area contributed by atoms with Crippen LogP contribution < -0.4 is 5.32 Å². The van der Waals surface area contributed by atoms with Crippen LogP contribution >= 0.6 is 27.5 Å². The van der Waals surface area contributed by atoms with Crippen molar-refractivity contribution in [3.05, 3.63) is 27.7 Å². The molecule has 2 fully saturated rings. The molecular formula is C13H13BrClNO. The number of benzene rings is 1. The molecule has 17 heavy (non-hydrogen) atoms. The third kappa shape index (κ3) is 2.36. The van der Waals surface area contributed by atoms with Gasteiger partial charge in [0.2, 0.25) is 5.91 Å². The highest BCUT2D eigenvalue weighted by Crippen LogP contribution is 2.54. The summed E-state index contributed by atoms with van der Waals surface area (Å²) in [4.78, 5) is 12.0. The lowest BCUT2D eigenvalue weighted by Gasteiger charge is -2.12. The summed E-state index contributed by atoms with van der Waals surface area (Å²) in [6.07, 6.45) is 3.48. The molecular weight excluding hydrogens is 302 g/mol. The van der Waals surface area contributed by atoms with E-state index in [0.717, 1.165) is 34.8 Å². The van der Waals surface area contributed by atoms with Crippen molar-refractivity contribution in [2.24, 2.45) is 17.8 Å². The van der Waals surface area contributed by atoms with Gasteiger partial charge in [0.1, 0.15) is 0 Å². The van der Waals surface area contributed by atoms with Crippen LogP contribution in [0.3, 0.4) is 0 Å². The Labute approximate surface area is 114 Å². The average Bonchev–Trinajstić information content (AvgIpc) is 2.91. The van der Waals surface area contributed by atoms with Gasteiger partial charge in [-0.2, -0.15) is 0 Å². The van der Waals surface area contributed by atoms with E-state index in [9.17, 15) is 4.79 Å². The molecule has 2 saturated carbocycles. The van der Waals surface area contributed by atoms with Crippen LogP contribution in [0.15, 0.2) is 22.7 Å². The van der Waals surface area contributed by atoms with Gasteiger partial charge in [0.25, 0.3) is 0 Å². The maximum absolute atomic E-state index is 12.0. The summed E-state index contributed by atoms with van der Waals surface area (Å²) in [6, 6.07) is 5.49. The molecule has 1 N–H and O–H groups in total. The van der Waals surface area contributed by atoms with E-state index in [2.05, 4.69) is 21.2 Å². The van der Waals surface area contributed by atoms with Crippen molar-refractivity contribution in [1.29, 1.82) is 0 Å². The normalized spacial score (nSPS) is 29.9. The van der Waals surface area contributed by atoms with Crippen LogP contribution in [0, 0.1) is 17.8 Å². The fourth-order valence-electron chi connectivity index (χ4n) is 2.75. The molecule has 3 rings (SSSR count). The van der Waals surface area contributed by atoms with Crippen LogP contribution in [-0.2, 0) is 4.79 Å². The standard InChI is InChI=1S/C13H13BrClNO/c14-11-2-1-10(6-12(11)15)16-13(17)9-4-7-3-8(7)5-9/h1-2,6-9H,3-5H2,(H,16,17). The number of amides is 1. The fourth-order valence-corrected chi connectivity index (χ4v) is 3.17. The topological polar surface area (TPSA) is 29.1 Å². The van der Waals surface area contributed by atoms with Crippen LogP contribution in [0.1, 0.15) is 19.3 Å². The second kappa shape index (κ2) is 4.29. The summed E-state index contributed by atoms with van der Waals surface area (Å²) in [5.41, 5.74) is 0.781. The van der Waals surface area contributed by atoms with E-state index < -0.39 is 0 Å². The number of hydrogen-bond donors (Lipinski definition) is 1. The first-order chi connectivity index (χ1) is 8.13. The van der Waals surface area contributed by atoms with E-state index in [1.165, 1.54) is 6.42 Å². The number of hydrogen-bond acceptors (Lipinski definition) is 1. The third-order valence-corrected chi connectivity index (χ3v) is 5.03. The van der Waals surface area contributed by atoms with E-state index in [1.807, 2.05) is 12.1 Å². The highest BCUT2D eigenvalue weighted by molar-refractivity contribution is 9.10. The highest BCUT2D eigenvalue weighted by atomic mass is 79.9. The molecule has 1 aromatic carbocycles. The lowest BCUT2D eigenvalue weighted by atomic mass is 10.0. The zero-order chi connectivity index (χ0) is 12.0. The van der Waals surface area contributed by atoms with Crippen LogP contribution in [0.5, 0.6) is 0 Å². The second-order valence-corrected chi connectivity index (χ2v) is 6.30. The molecule has 2 unspecified atom stereocenters. The van der Waals surface area contributed by atoms with Gasteiger partial charge in [-0.25, -0.2) is 0 Å². The Morgan fingerprint density at radius 1 is 1.29 bits per heavy atom. The number of halogens is 2. The van der Waals surface area contributed by atoms with Crippen LogP contribution in [0.2, 0.25) is 5.02 Å². The predicted molar refractivity (Wildman–Crippen MR) is 72.1 cm³/mol. The quantitative estimate of drug-likeness (QED) is 0.875. The molecule has 2 aliphatic carbocycles. The van der Waals surface area contributed by atoms with Crippen molar-refractivity contribution >= 4 is 39.1 Å². The SMILES string of the molecule is O=C(Nc1ccc(Br)c(Cl)c1)C1CC2CC2C1. The van der Waals surface area contributed by atoms with Crippen LogP contribution in [0.4, 0.5) is 5.69 Å². The van der Waals surface area contributed by atoms with E-state index in [1.54, 1.807) is 6.07 Å². The van der Waals surface area contributed by atoms with Crippen molar-refractivity contribution < 1.29 is 4.79 Å². The zero-order valence-corrected chi connectivity index (χ0v) is 11.6. The van der Waals surface area contributed by atoms with E-state index in [4.69, 9.17) is 11.6 Å². The Hall–Kier alpha value is -0.540. The molecule has 0 saturated heterocycles. The van der Waals surface area contributed by atoms with Gasteiger partial charge in [0, 0.05) is 16.1 Å². The zero-order valence-electron chi connectivity index (χ0n) is 9.25. The molecule has 0 aromatic heterocycles. The van der Waals surface area contributed by atoms with E-state index in [-0.39, 0.29) is 11.8 Å². The lowest BCUT2D eigenvalue weighted by Crippen LogP contribution is -2.21. The van der Waals surface area contributed by atoms with Crippen molar-refractivity contribution in [1.82, 2.24) is 0 Å². The minimum Gasteiger partial charge on any atom is -0.326 e. The summed E-state index contributed by atoms with van der Waals surface area (Å²) in [6.45, 7) is 0. The highest BCUT2D eigenvalue weighted by Gasteiger charge is 2.47. The monoisotopic (exact) mass is 313 g/mol. The van der Waals surface area contributed by atoms with E-state index >= 15 is 0 Å². The van der Waals surface area contributed by atoms with Crippen molar-refractivity contribution in [3.8, 4) is 0 Å². The van der Waals surface area contributed by atoms with Gasteiger partial charge < -0.3 is 5.32 Å². The largest absolute Gasteiger partial charge is 0.326 e. The first-order valence-electron chi connectivity index (χ1n) is 5.89. The second-order valence-electron chi connectivity index (χ2n) is 5.04. The summed E-state index contributed by atoms with van der Waals surface area (Å²) < 4.78 is 0.847. The molecule has 0 aliphatic heterocycles. The first kappa shape index (κ1) is 11.5. The molecule has 0 heterocycles. The van der Waals surface area contributed by atoms with Crippen molar-refractivity contribution in [2.45, 2.75) is 19.3 Å². The van der Waals surface area contributed by atoms with Gasteiger partial charge in [0.15, 0.2) is 0 Å². The minimum absolute atomic E-state index is 0.149. The van der Waals surface area contributed by atoms with Gasteiger partial charge in [-0.15, -0.1) is 0 Å². The number of carbonyl (C=O) groups excluding carboxylic acids is 1. The molecule has 1 aromatic rings. The molecule has 1 amide bonds. The summed E-state index contributed by atoms with van der Waals surface area (Å²) in [5.74, 6) is 2.02. The Kier molecular flexibility index (Phi) is 2.91. The van der Waals surface area contributed by atoms with Crippen molar-refractivity contribution in [3.63, 3.8) is 0 Å². The molecule has 2 atom stereocenters. The van der Waals surface area contributed by atoms with Crippen LogP contribution in [-0.4, -0.2) is 5.91 Å². The van der Waals surface area contributed by atoms with Gasteiger partial charge in [-0.1, -0.05) is 11.6 Å². The predicted octanol–water partition coefficient (Wildman–Crippen LogP) is 4.09. The smallest absolute Gasteiger partial charge is 0.227 e. The van der Waals surface area contributed by atoms with Gasteiger partial charge in [0.05, 0.1) is 5.02 Å². The molecule has 90 valence electrons. The molecule has 2 nitrogen and oxygen atoms in total. The molecule has 2 aliphatic rings. The van der Waals surface area contributed by atoms with Gasteiger partial charge in [-0.3, -0.25) is 4.79 Å². The lowest BCUT2D eigenvalue weighted by molar-refractivity contribution is -0.120. The third-order valence-electron chi connectivity index (χ3n) is 3.80.